The number of thiocarbonyl (C=S) groups is 1. The summed E-state index contributed by atoms with van der Waals surface area (Å²) < 4.78 is 10.9. The Morgan fingerprint density at radius 3 is 2.68 bits per heavy atom. The highest BCUT2D eigenvalue weighted by Crippen LogP contribution is 2.39. The van der Waals surface area contributed by atoms with Gasteiger partial charge in [-0.1, -0.05) is 23.8 Å². The summed E-state index contributed by atoms with van der Waals surface area (Å²) >= 11 is 5.57. The topological polar surface area (TPSA) is 59.6 Å². The van der Waals surface area contributed by atoms with Crippen molar-refractivity contribution in [3.05, 3.63) is 58.7 Å². The van der Waals surface area contributed by atoms with Gasteiger partial charge in [-0.05, 0) is 63.7 Å². The molecule has 0 unspecified atom stereocenters. The van der Waals surface area contributed by atoms with Gasteiger partial charge in [0.15, 0.2) is 5.11 Å². The number of methoxy groups -OCH3 is 1. The first kappa shape index (κ1) is 20.1. The quantitative estimate of drug-likeness (QED) is 0.578. The van der Waals surface area contributed by atoms with Gasteiger partial charge >= 0.3 is 5.97 Å². The first-order valence-corrected chi connectivity index (χ1v) is 9.65. The van der Waals surface area contributed by atoms with Crippen LogP contribution in [0.25, 0.3) is 0 Å². The lowest BCUT2D eigenvalue weighted by Crippen LogP contribution is -2.42. The molecule has 0 saturated heterocycles. The zero-order chi connectivity index (χ0) is 20.5. The molecular formula is C22H26N2O3S. The summed E-state index contributed by atoms with van der Waals surface area (Å²) in [6.07, 6.45) is 0.784. The van der Waals surface area contributed by atoms with Gasteiger partial charge in [0.25, 0.3) is 0 Å². The largest absolute Gasteiger partial charge is 0.487 e. The van der Waals surface area contributed by atoms with Gasteiger partial charge in [-0.3, -0.25) is 0 Å². The smallest absolute Gasteiger partial charge is 0.337 e. The van der Waals surface area contributed by atoms with Crippen molar-refractivity contribution in [2.75, 3.05) is 12.4 Å². The molecule has 0 saturated carbocycles. The highest BCUT2D eigenvalue weighted by atomic mass is 32.1. The second-order valence-corrected chi connectivity index (χ2v) is 8.19. The minimum Gasteiger partial charge on any atom is -0.487 e. The van der Waals surface area contributed by atoms with Crippen molar-refractivity contribution in [3.8, 4) is 5.75 Å². The van der Waals surface area contributed by atoms with Crippen molar-refractivity contribution in [1.82, 2.24) is 5.32 Å². The Morgan fingerprint density at radius 1 is 1.21 bits per heavy atom. The second-order valence-electron chi connectivity index (χ2n) is 7.78. The van der Waals surface area contributed by atoms with E-state index in [0.29, 0.717) is 10.7 Å². The highest BCUT2D eigenvalue weighted by Gasteiger charge is 2.34. The number of nitrogens with one attached hydrogen (secondary N) is 2. The molecule has 3 rings (SSSR count). The molecule has 0 fully saturated rings. The van der Waals surface area contributed by atoms with Crippen molar-refractivity contribution >= 4 is 29.0 Å². The molecule has 0 amide bonds. The molecule has 0 spiro atoms. The fourth-order valence-electron chi connectivity index (χ4n) is 3.42. The zero-order valence-corrected chi connectivity index (χ0v) is 17.7. The third-order valence-electron chi connectivity index (χ3n) is 4.83. The Kier molecular flexibility index (Phi) is 5.61. The summed E-state index contributed by atoms with van der Waals surface area (Å²) in [6, 6.07) is 11.6. The third-order valence-corrected chi connectivity index (χ3v) is 5.05. The lowest BCUT2D eigenvalue weighted by Gasteiger charge is -2.38. The molecule has 1 aliphatic heterocycles. The maximum atomic E-state index is 11.8. The fraction of sp³-hybridized carbons (Fsp3) is 0.364. The molecule has 1 heterocycles. The number of aryl methyl sites for hydroxylation is 2. The Bertz CT molecular complexity index is 924. The van der Waals surface area contributed by atoms with Crippen LogP contribution in [0.4, 0.5) is 5.69 Å². The molecule has 148 valence electrons. The molecule has 0 aliphatic carbocycles. The van der Waals surface area contributed by atoms with E-state index in [1.165, 1.54) is 12.7 Å². The maximum absolute atomic E-state index is 11.8. The van der Waals surface area contributed by atoms with Gasteiger partial charge in [0, 0.05) is 17.7 Å². The van der Waals surface area contributed by atoms with Crippen molar-refractivity contribution in [2.24, 2.45) is 0 Å². The number of ether oxygens (including phenoxy) is 2. The fourth-order valence-corrected chi connectivity index (χ4v) is 3.67. The number of carbonyl (C=O) groups excluding carboxylic acids is 1. The summed E-state index contributed by atoms with van der Waals surface area (Å²) in [4.78, 5) is 11.8. The Morgan fingerprint density at radius 2 is 1.96 bits per heavy atom. The molecule has 2 aromatic carbocycles. The van der Waals surface area contributed by atoms with Gasteiger partial charge in [-0.25, -0.2) is 4.79 Å². The molecular weight excluding hydrogens is 372 g/mol. The van der Waals surface area contributed by atoms with Crippen LogP contribution in [0.3, 0.4) is 0 Å². The zero-order valence-electron chi connectivity index (χ0n) is 16.9. The molecule has 28 heavy (non-hydrogen) atoms. The van der Waals surface area contributed by atoms with Gasteiger partial charge in [0.1, 0.15) is 11.4 Å². The van der Waals surface area contributed by atoms with E-state index in [-0.39, 0.29) is 17.6 Å². The Balaban J connectivity index is 1.80. The maximum Gasteiger partial charge on any atom is 0.337 e. The standard InChI is InChI=1S/C22H26N2O3S/c1-13-6-9-19-16(10-13)18(12-22(3,4)27-19)24-21(28)23-17-11-15(20(25)26-5)8-7-14(17)2/h6-11,18H,12H2,1-5H3,(H2,23,24,28)/t18-/m1/s1. The molecule has 5 nitrogen and oxygen atoms in total. The Hall–Kier alpha value is -2.60. The van der Waals surface area contributed by atoms with Crippen LogP contribution in [0.15, 0.2) is 36.4 Å². The lowest BCUT2D eigenvalue weighted by atomic mass is 9.89. The van der Waals surface area contributed by atoms with Gasteiger partial charge in [-0.2, -0.15) is 0 Å². The Labute approximate surface area is 171 Å². The predicted molar refractivity (Wildman–Crippen MR) is 115 cm³/mol. The number of esters is 1. The lowest BCUT2D eigenvalue weighted by molar-refractivity contribution is 0.0600. The van der Waals surface area contributed by atoms with Gasteiger partial charge in [-0.15, -0.1) is 0 Å². The molecule has 2 N–H and O–H groups in total. The number of anilines is 1. The van der Waals surface area contributed by atoms with Crippen LogP contribution in [-0.2, 0) is 4.74 Å². The number of hydrogen-bond acceptors (Lipinski definition) is 4. The number of fused-ring (bicyclic) bond motifs is 1. The second kappa shape index (κ2) is 7.80. The predicted octanol–water partition coefficient (Wildman–Crippen LogP) is 4.68. The third kappa shape index (κ3) is 4.44. The van der Waals surface area contributed by atoms with Crippen LogP contribution in [0, 0.1) is 13.8 Å². The molecule has 0 radical (unpaired) electrons. The van der Waals surface area contributed by atoms with Crippen molar-refractivity contribution in [1.29, 1.82) is 0 Å². The van der Waals surface area contributed by atoms with E-state index in [0.717, 1.165) is 29.0 Å². The number of hydrogen-bond donors (Lipinski definition) is 2. The van der Waals surface area contributed by atoms with Crippen LogP contribution in [-0.4, -0.2) is 23.8 Å². The summed E-state index contributed by atoms with van der Waals surface area (Å²) in [5, 5.41) is 7.14. The summed E-state index contributed by atoms with van der Waals surface area (Å²) in [5.41, 5.74) is 4.22. The monoisotopic (exact) mass is 398 g/mol. The number of rotatable bonds is 3. The summed E-state index contributed by atoms with van der Waals surface area (Å²) in [5.74, 6) is 0.503. The van der Waals surface area contributed by atoms with Crippen LogP contribution in [0.2, 0.25) is 0 Å². The summed E-state index contributed by atoms with van der Waals surface area (Å²) in [7, 11) is 1.37. The first-order valence-electron chi connectivity index (χ1n) is 9.24. The van der Waals surface area contributed by atoms with E-state index in [4.69, 9.17) is 21.7 Å². The molecule has 1 atom stereocenters. The molecule has 2 aromatic rings. The molecule has 0 aromatic heterocycles. The number of benzene rings is 2. The van der Waals surface area contributed by atoms with Gasteiger partial charge < -0.3 is 20.1 Å². The average molecular weight is 399 g/mol. The highest BCUT2D eigenvalue weighted by molar-refractivity contribution is 7.80. The van der Waals surface area contributed by atoms with E-state index in [9.17, 15) is 4.79 Å². The minimum atomic E-state index is -0.377. The van der Waals surface area contributed by atoms with Crippen LogP contribution in [0.1, 0.15) is 53.4 Å². The van der Waals surface area contributed by atoms with Gasteiger partial charge in [0.05, 0.1) is 18.7 Å². The van der Waals surface area contributed by atoms with Crippen LogP contribution in [0.5, 0.6) is 5.75 Å². The average Bonchev–Trinajstić information content (AvgIpc) is 2.62. The SMILES string of the molecule is COC(=O)c1ccc(C)c(NC(=S)N[C@@H]2CC(C)(C)Oc3ccc(C)cc32)c1. The summed E-state index contributed by atoms with van der Waals surface area (Å²) in [6.45, 7) is 8.17. The van der Waals surface area contributed by atoms with E-state index in [2.05, 4.69) is 43.5 Å². The van der Waals surface area contributed by atoms with E-state index >= 15 is 0 Å². The molecule has 1 aliphatic rings. The van der Waals surface area contributed by atoms with E-state index < -0.39 is 0 Å². The first-order chi connectivity index (χ1) is 13.2. The van der Waals surface area contributed by atoms with Crippen molar-refractivity contribution in [3.63, 3.8) is 0 Å². The van der Waals surface area contributed by atoms with E-state index in [1.54, 1.807) is 12.1 Å². The van der Waals surface area contributed by atoms with Crippen molar-refractivity contribution < 1.29 is 14.3 Å². The van der Waals surface area contributed by atoms with Crippen LogP contribution >= 0.6 is 12.2 Å². The molecule has 6 heteroatoms. The van der Waals surface area contributed by atoms with Crippen LogP contribution < -0.4 is 15.4 Å². The number of carbonyl (C=O) groups is 1. The normalized spacial score (nSPS) is 17.1. The molecule has 0 bridgehead atoms. The minimum absolute atomic E-state index is 0.0303. The van der Waals surface area contributed by atoms with E-state index in [1.807, 2.05) is 19.1 Å². The van der Waals surface area contributed by atoms with Gasteiger partial charge in [0.2, 0.25) is 0 Å². The van der Waals surface area contributed by atoms with Crippen molar-refractivity contribution in [2.45, 2.75) is 45.8 Å².